The zero-order valence-corrected chi connectivity index (χ0v) is 7.27. The van der Waals surface area contributed by atoms with Gasteiger partial charge < -0.3 is 5.32 Å². The molecule has 0 bridgehead atoms. The summed E-state index contributed by atoms with van der Waals surface area (Å²) < 4.78 is 3.84. The average Bonchev–Trinajstić information content (AvgIpc) is 2.39. The standard InChI is InChI=1S/C7H9N3S/c1-4-7(2,3)10-6-8-5-9-11-6/h1,5H,2-3H3,(H,8,9,10). The number of hydrogen-bond donors (Lipinski definition) is 1. The van der Waals surface area contributed by atoms with Crippen LogP contribution in [0, 0.1) is 12.3 Å². The third kappa shape index (κ3) is 2.20. The number of hydrogen-bond acceptors (Lipinski definition) is 4. The third-order valence-corrected chi connectivity index (χ3v) is 1.72. The Bertz CT molecular complexity index is 258. The van der Waals surface area contributed by atoms with Crippen molar-refractivity contribution in [2.45, 2.75) is 19.4 Å². The van der Waals surface area contributed by atoms with Crippen molar-refractivity contribution in [3.05, 3.63) is 6.33 Å². The van der Waals surface area contributed by atoms with Gasteiger partial charge in [-0.3, -0.25) is 0 Å². The van der Waals surface area contributed by atoms with Crippen molar-refractivity contribution in [1.82, 2.24) is 9.36 Å². The molecule has 0 aromatic carbocycles. The molecular weight excluding hydrogens is 158 g/mol. The van der Waals surface area contributed by atoms with E-state index < -0.39 is 0 Å². The Morgan fingerprint density at radius 1 is 1.73 bits per heavy atom. The molecule has 4 heteroatoms. The lowest BCUT2D eigenvalue weighted by Crippen LogP contribution is -2.28. The molecule has 1 rings (SSSR count). The second kappa shape index (κ2) is 2.89. The summed E-state index contributed by atoms with van der Waals surface area (Å²) in [4.78, 5) is 3.95. The van der Waals surface area contributed by atoms with Crippen LogP contribution in [0.15, 0.2) is 6.33 Å². The maximum Gasteiger partial charge on any atom is 0.203 e. The molecule has 0 spiro atoms. The van der Waals surface area contributed by atoms with E-state index in [1.165, 1.54) is 17.9 Å². The van der Waals surface area contributed by atoms with Crippen LogP contribution in [0.1, 0.15) is 13.8 Å². The Labute approximate surface area is 70.0 Å². The Balaban J connectivity index is 2.65. The Hall–Kier alpha value is -1.08. The van der Waals surface area contributed by atoms with Crippen molar-refractivity contribution >= 4 is 16.7 Å². The first-order chi connectivity index (χ1) is 5.14. The average molecular weight is 167 g/mol. The van der Waals surface area contributed by atoms with Crippen LogP contribution >= 0.6 is 11.5 Å². The summed E-state index contributed by atoms with van der Waals surface area (Å²) in [5, 5.41) is 3.81. The fourth-order valence-corrected chi connectivity index (χ4v) is 1.12. The molecule has 3 nitrogen and oxygen atoms in total. The molecule has 0 amide bonds. The van der Waals surface area contributed by atoms with Gasteiger partial charge >= 0.3 is 0 Å². The zero-order valence-electron chi connectivity index (χ0n) is 6.46. The van der Waals surface area contributed by atoms with E-state index in [9.17, 15) is 0 Å². The third-order valence-electron chi connectivity index (χ3n) is 1.14. The molecule has 1 heterocycles. The first-order valence-corrected chi connectivity index (χ1v) is 3.94. The summed E-state index contributed by atoms with van der Waals surface area (Å²) in [5.41, 5.74) is -0.348. The fourth-order valence-electron chi connectivity index (χ4n) is 0.532. The zero-order chi connectivity index (χ0) is 8.32. The van der Waals surface area contributed by atoms with E-state index in [2.05, 4.69) is 20.6 Å². The van der Waals surface area contributed by atoms with Crippen molar-refractivity contribution in [3.63, 3.8) is 0 Å². The maximum absolute atomic E-state index is 5.27. The molecule has 0 fully saturated rings. The topological polar surface area (TPSA) is 37.8 Å². The summed E-state index contributed by atoms with van der Waals surface area (Å²) in [6, 6.07) is 0. The van der Waals surface area contributed by atoms with Crippen LogP contribution in [0.2, 0.25) is 0 Å². The van der Waals surface area contributed by atoms with E-state index in [4.69, 9.17) is 6.42 Å². The van der Waals surface area contributed by atoms with Gasteiger partial charge in [-0.2, -0.15) is 4.37 Å². The van der Waals surface area contributed by atoms with Crippen LogP contribution < -0.4 is 5.32 Å². The minimum absolute atomic E-state index is 0.348. The molecule has 58 valence electrons. The number of anilines is 1. The molecule has 0 aliphatic carbocycles. The van der Waals surface area contributed by atoms with E-state index in [0.717, 1.165) is 5.13 Å². The fraction of sp³-hybridized carbons (Fsp3) is 0.429. The Morgan fingerprint density at radius 2 is 2.45 bits per heavy atom. The van der Waals surface area contributed by atoms with Gasteiger partial charge in [-0.1, -0.05) is 5.92 Å². The normalized spacial score (nSPS) is 10.6. The summed E-state index contributed by atoms with van der Waals surface area (Å²) >= 11 is 1.30. The van der Waals surface area contributed by atoms with Crippen LogP contribution in [0.25, 0.3) is 0 Å². The second-order valence-corrected chi connectivity index (χ2v) is 3.42. The van der Waals surface area contributed by atoms with E-state index in [0.29, 0.717) is 0 Å². The summed E-state index contributed by atoms with van der Waals surface area (Å²) in [5.74, 6) is 2.61. The van der Waals surface area contributed by atoms with Crippen molar-refractivity contribution in [3.8, 4) is 12.3 Å². The van der Waals surface area contributed by atoms with Crippen molar-refractivity contribution in [1.29, 1.82) is 0 Å². The second-order valence-electron chi connectivity index (χ2n) is 2.64. The minimum Gasteiger partial charge on any atom is -0.345 e. The monoisotopic (exact) mass is 167 g/mol. The SMILES string of the molecule is C#CC(C)(C)Nc1ncns1. The van der Waals surface area contributed by atoms with Crippen LogP contribution in [-0.2, 0) is 0 Å². The number of rotatable bonds is 2. The van der Waals surface area contributed by atoms with Crippen LogP contribution in [-0.4, -0.2) is 14.9 Å². The largest absolute Gasteiger partial charge is 0.345 e. The smallest absolute Gasteiger partial charge is 0.203 e. The van der Waals surface area contributed by atoms with Crippen LogP contribution in [0.3, 0.4) is 0 Å². The number of terminal acetylenes is 1. The van der Waals surface area contributed by atoms with Gasteiger partial charge in [0.2, 0.25) is 5.13 Å². The molecular formula is C7H9N3S. The molecule has 0 radical (unpaired) electrons. The summed E-state index contributed by atoms with van der Waals surface area (Å²) in [7, 11) is 0. The molecule has 0 atom stereocenters. The molecule has 0 saturated carbocycles. The van der Waals surface area contributed by atoms with E-state index >= 15 is 0 Å². The summed E-state index contributed by atoms with van der Waals surface area (Å²) in [6.07, 6.45) is 6.77. The van der Waals surface area contributed by atoms with Gasteiger partial charge in [0.1, 0.15) is 6.33 Å². The number of nitrogens with one attached hydrogen (secondary N) is 1. The molecule has 0 saturated heterocycles. The first-order valence-electron chi connectivity index (χ1n) is 3.17. The predicted molar refractivity (Wildman–Crippen MR) is 46.4 cm³/mol. The molecule has 0 aliphatic heterocycles. The molecule has 1 aromatic rings. The number of nitrogens with zero attached hydrogens (tertiary/aromatic N) is 2. The molecule has 1 N–H and O–H groups in total. The van der Waals surface area contributed by atoms with E-state index in [1.807, 2.05) is 13.8 Å². The first kappa shape index (κ1) is 8.02. The molecule has 1 aromatic heterocycles. The van der Waals surface area contributed by atoms with Gasteiger partial charge in [-0.05, 0) is 13.8 Å². The van der Waals surface area contributed by atoms with Crippen molar-refractivity contribution in [2.75, 3.05) is 5.32 Å². The highest BCUT2D eigenvalue weighted by Gasteiger charge is 2.13. The highest BCUT2D eigenvalue weighted by Crippen LogP contribution is 2.13. The van der Waals surface area contributed by atoms with Crippen LogP contribution in [0.4, 0.5) is 5.13 Å². The van der Waals surface area contributed by atoms with E-state index in [-0.39, 0.29) is 5.54 Å². The van der Waals surface area contributed by atoms with Crippen molar-refractivity contribution in [2.24, 2.45) is 0 Å². The van der Waals surface area contributed by atoms with Crippen LogP contribution in [0.5, 0.6) is 0 Å². The lowest BCUT2D eigenvalue weighted by Gasteiger charge is -2.17. The van der Waals surface area contributed by atoms with Gasteiger partial charge in [-0.15, -0.1) is 6.42 Å². The van der Waals surface area contributed by atoms with E-state index in [1.54, 1.807) is 0 Å². The molecule has 11 heavy (non-hydrogen) atoms. The van der Waals surface area contributed by atoms with Crippen molar-refractivity contribution < 1.29 is 0 Å². The quantitative estimate of drug-likeness (QED) is 0.676. The predicted octanol–water partition coefficient (Wildman–Crippen LogP) is 1.36. The Morgan fingerprint density at radius 3 is 2.91 bits per heavy atom. The summed E-state index contributed by atoms with van der Waals surface area (Å²) in [6.45, 7) is 3.82. The lowest BCUT2D eigenvalue weighted by atomic mass is 10.1. The van der Waals surface area contributed by atoms with Gasteiger partial charge in [0.25, 0.3) is 0 Å². The van der Waals surface area contributed by atoms with Gasteiger partial charge in [-0.25, -0.2) is 4.98 Å². The molecule has 0 aliphatic rings. The number of aromatic nitrogens is 2. The Kier molecular flexibility index (Phi) is 2.11. The maximum atomic E-state index is 5.27. The minimum atomic E-state index is -0.348. The highest BCUT2D eigenvalue weighted by atomic mass is 32.1. The molecule has 0 unspecified atom stereocenters. The van der Waals surface area contributed by atoms with Gasteiger partial charge in [0, 0.05) is 11.5 Å². The van der Waals surface area contributed by atoms with Gasteiger partial charge in [0.15, 0.2) is 0 Å². The lowest BCUT2D eigenvalue weighted by molar-refractivity contribution is 0.740. The van der Waals surface area contributed by atoms with Gasteiger partial charge in [0.05, 0.1) is 5.54 Å². The highest BCUT2D eigenvalue weighted by molar-refractivity contribution is 7.09.